The van der Waals surface area contributed by atoms with Crippen molar-refractivity contribution >= 4 is 43.2 Å². The Morgan fingerprint density at radius 3 is 2.55 bits per heavy atom. The first-order chi connectivity index (χ1) is 9.49. The maximum atomic E-state index is 5.64. The third kappa shape index (κ3) is 2.97. The number of hydrogen-bond donors (Lipinski definition) is 0. The first kappa shape index (κ1) is 16.1. The molecular weight excluding hydrogens is 400 g/mol. The molecule has 0 aliphatic carbocycles. The summed E-state index contributed by atoms with van der Waals surface area (Å²) >= 11 is 9.36. The smallest absolute Gasteiger partial charge is 0.126 e. The molecule has 1 nitrogen and oxygen atoms in total. The molecule has 2 rings (SSSR count). The second-order valence-corrected chi connectivity index (χ2v) is 7.74. The Hall–Kier alpha value is -0.320. The Labute approximate surface area is 141 Å². The Bertz CT molecular complexity index is 619. The number of hydrogen-bond acceptors (Lipinski definition) is 2. The van der Waals surface area contributed by atoms with E-state index in [0.29, 0.717) is 0 Å². The molecule has 1 atom stereocenters. The number of alkyl halides is 1. The van der Waals surface area contributed by atoms with Crippen molar-refractivity contribution in [3.05, 3.63) is 49.1 Å². The molecule has 0 radical (unpaired) electrons. The molecule has 1 aromatic heterocycles. The molecule has 0 spiro atoms. The summed E-state index contributed by atoms with van der Waals surface area (Å²) in [5, 5.41) is 0. The fourth-order valence-corrected chi connectivity index (χ4v) is 4.80. The highest BCUT2D eigenvalue weighted by Crippen LogP contribution is 2.44. The first-order valence-electron chi connectivity index (χ1n) is 6.55. The lowest BCUT2D eigenvalue weighted by molar-refractivity contribution is 0.407. The van der Waals surface area contributed by atoms with Gasteiger partial charge in [0.05, 0.1) is 11.9 Å². The summed E-state index contributed by atoms with van der Waals surface area (Å²) < 4.78 is 6.77. The molecule has 0 amide bonds. The van der Waals surface area contributed by atoms with Crippen LogP contribution in [0.25, 0.3) is 0 Å². The van der Waals surface area contributed by atoms with E-state index in [9.17, 15) is 0 Å². The largest absolute Gasteiger partial charge is 0.496 e. The molecule has 4 heteroatoms. The summed E-state index contributed by atoms with van der Waals surface area (Å²) in [4.78, 5) is 2.90. The van der Waals surface area contributed by atoms with E-state index in [1.165, 1.54) is 20.9 Å². The average Bonchev–Trinajstić information content (AvgIpc) is 2.90. The van der Waals surface area contributed by atoms with Crippen LogP contribution in [0.4, 0.5) is 0 Å². The molecule has 108 valence electrons. The second kappa shape index (κ2) is 6.63. The van der Waals surface area contributed by atoms with E-state index in [2.05, 4.69) is 70.8 Å². The van der Waals surface area contributed by atoms with E-state index in [-0.39, 0.29) is 4.83 Å². The average molecular weight is 418 g/mol. The molecule has 1 aromatic carbocycles. The summed E-state index contributed by atoms with van der Waals surface area (Å²) in [5.41, 5.74) is 3.58. The summed E-state index contributed by atoms with van der Waals surface area (Å²) in [6.45, 7) is 6.40. The van der Waals surface area contributed by atoms with E-state index in [1.54, 1.807) is 7.11 Å². The quantitative estimate of drug-likeness (QED) is 0.539. The normalized spacial score (nSPS) is 12.5. The van der Waals surface area contributed by atoms with Crippen molar-refractivity contribution in [3.63, 3.8) is 0 Å². The van der Waals surface area contributed by atoms with Crippen LogP contribution in [0, 0.1) is 13.8 Å². The fourth-order valence-electron chi connectivity index (χ4n) is 2.31. The third-order valence-electron chi connectivity index (χ3n) is 3.45. The second-order valence-electron chi connectivity index (χ2n) is 4.77. The van der Waals surface area contributed by atoms with Gasteiger partial charge >= 0.3 is 0 Å². The Morgan fingerprint density at radius 1 is 1.30 bits per heavy atom. The Morgan fingerprint density at radius 2 is 2.00 bits per heavy atom. The Kier molecular flexibility index (Phi) is 5.32. The number of methoxy groups -OCH3 is 1. The highest BCUT2D eigenvalue weighted by molar-refractivity contribution is 9.10. The summed E-state index contributed by atoms with van der Waals surface area (Å²) in [5.74, 6) is 0.971. The van der Waals surface area contributed by atoms with E-state index in [0.717, 1.165) is 22.2 Å². The van der Waals surface area contributed by atoms with Crippen LogP contribution in [0.5, 0.6) is 5.75 Å². The molecule has 0 N–H and O–H groups in total. The molecular formula is C16H18Br2OS. The maximum absolute atomic E-state index is 5.64. The van der Waals surface area contributed by atoms with Gasteiger partial charge in [0, 0.05) is 19.8 Å². The van der Waals surface area contributed by atoms with Crippen molar-refractivity contribution in [2.24, 2.45) is 0 Å². The molecule has 0 fully saturated rings. The standard InChI is InChI=1S/C16H18Br2OS/c1-5-11-6-7-13(20-11)15(18)14-10(3)12(17)8-9(2)16(14)19-4/h6-8,15H,5H2,1-4H3. The summed E-state index contributed by atoms with van der Waals surface area (Å²) in [6.07, 6.45) is 1.08. The number of rotatable bonds is 4. The lowest BCUT2D eigenvalue weighted by Crippen LogP contribution is -2.01. The van der Waals surface area contributed by atoms with Gasteiger partial charge in [-0.15, -0.1) is 11.3 Å². The predicted octanol–water partition coefficient (Wildman–Crippen LogP) is 6.18. The van der Waals surface area contributed by atoms with E-state index < -0.39 is 0 Å². The van der Waals surface area contributed by atoms with Crippen molar-refractivity contribution < 1.29 is 4.74 Å². The highest BCUT2D eigenvalue weighted by atomic mass is 79.9. The van der Waals surface area contributed by atoms with Crippen molar-refractivity contribution in [3.8, 4) is 5.75 Å². The summed E-state index contributed by atoms with van der Waals surface area (Å²) in [7, 11) is 1.74. The fraction of sp³-hybridized carbons (Fsp3) is 0.375. The molecule has 0 aliphatic rings. The van der Waals surface area contributed by atoms with Crippen molar-refractivity contribution in [1.82, 2.24) is 0 Å². The highest BCUT2D eigenvalue weighted by Gasteiger charge is 2.22. The van der Waals surface area contributed by atoms with E-state index >= 15 is 0 Å². The van der Waals surface area contributed by atoms with Crippen LogP contribution >= 0.6 is 43.2 Å². The van der Waals surface area contributed by atoms with Gasteiger partial charge < -0.3 is 4.74 Å². The maximum Gasteiger partial charge on any atom is 0.126 e. The SMILES string of the molecule is CCc1ccc(C(Br)c2c(C)c(Br)cc(C)c2OC)s1. The zero-order valence-corrected chi connectivity index (χ0v) is 16.1. The molecule has 0 saturated heterocycles. The molecule has 20 heavy (non-hydrogen) atoms. The molecule has 0 aliphatic heterocycles. The Balaban J connectivity index is 2.55. The number of aryl methyl sites for hydroxylation is 2. The van der Waals surface area contributed by atoms with Crippen LogP contribution in [-0.2, 0) is 6.42 Å². The van der Waals surface area contributed by atoms with Gasteiger partial charge in [-0.25, -0.2) is 0 Å². The van der Waals surface area contributed by atoms with Crippen molar-refractivity contribution in [1.29, 1.82) is 0 Å². The van der Waals surface area contributed by atoms with Gasteiger partial charge in [-0.3, -0.25) is 0 Å². The van der Waals surface area contributed by atoms with Crippen LogP contribution in [0.15, 0.2) is 22.7 Å². The molecule has 2 aromatic rings. The van der Waals surface area contributed by atoms with Gasteiger partial charge in [-0.05, 0) is 49.6 Å². The summed E-state index contributed by atoms with van der Waals surface area (Å²) in [6, 6.07) is 6.53. The van der Waals surface area contributed by atoms with Crippen LogP contribution < -0.4 is 4.74 Å². The van der Waals surface area contributed by atoms with E-state index in [4.69, 9.17) is 4.74 Å². The first-order valence-corrected chi connectivity index (χ1v) is 9.08. The zero-order valence-electron chi connectivity index (χ0n) is 12.1. The molecule has 1 heterocycles. The lowest BCUT2D eigenvalue weighted by atomic mass is 10.00. The van der Waals surface area contributed by atoms with Crippen LogP contribution in [0.2, 0.25) is 0 Å². The van der Waals surface area contributed by atoms with Gasteiger partial charge in [0.15, 0.2) is 0 Å². The minimum absolute atomic E-state index is 0.166. The van der Waals surface area contributed by atoms with Gasteiger partial charge in [0.1, 0.15) is 5.75 Å². The number of halogens is 2. The topological polar surface area (TPSA) is 9.23 Å². The van der Waals surface area contributed by atoms with Gasteiger partial charge in [0.2, 0.25) is 0 Å². The van der Waals surface area contributed by atoms with Crippen molar-refractivity contribution in [2.45, 2.75) is 32.0 Å². The molecule has 0 saturated carbocycles. The predicted molar refractivity (Wildman–Crippen MR) is 94.6 cm³/mol. The lowest BCUT2D eigenvalue weighted by Gasteiger charge is -2.19. The third-order valence-corrected chi connectivity index (χ3v) is 6.82. The van der Waals surface area contributed by atoms with Gasteiger partial charge in [-0.1, -0.05) is 38.8 Å². The number of thiophene rings is 1. The number of benzene rings is 1. The molecule has 0 bridgehead atoms. The van der Waals surface area contributed by atoms with Gasteiger partial charge in [-0.2, -0.15) is 0 Å². The van der Waals surface area contributed by atoms with Crippen LogP contribution in [-0.4, -0.2) is 7.11 Å². The van der Waals surface area contributed by atoms with Crippen LogP contribution in [0.1, 0.15) is 38.2 Å². The van der Waals surface area contributed by atoms with Crippen molar-refractivity contribution in [2.75, 3.05) is 7.11 Å². The zero-order chi connectivity index (χ0) is 14.9. The van der Waals surface area contributed by atoms with Crippen LogP contribution in [0.3, 0.4) is 0 Å². The van der Waals surface area contributed by atoms with Gasteiger partial charge in [0.25, 0.3) is 0 Å². The minimum Gasteiger partial charge on any atom is -0.496 e. The minimum atomic E-state index is 0.166. The number of ether oxygens (including phenoxy) is 1. The molecule has 1 unspecified atom stereocenters. The monoisotopic (exact) mass is 416 g/mol. The van der Waals surface area contributed by atoms with E-state index in [1.807, 2.05) is 11.3 Å².